The van der Waals surface area contributed by atoms with Crippen LogP contribution in [0.3, 0.4) is 0 Å². The van der Waals surface area contributed by atoms with Crippen LogP contribution in [0.4, 0.5) is 0 Å². The van der Waals surface area contributed by atoms with Crippen LogP contribution in [0.5, 0.6) is 5.75 Å². The normalized spacial score (nSPS) is 17.3. The van der Waals surface area contributed by atoms with Crippen LogP contribution in [0.25, 0.3) is 0 Å². The summed E-state index contributed by atoms with van der Waals surface area (Å²) in [6.45, 7) is 2.94. The first kappa shape index (κ1) is 12.1. The Hall–Kier alpha value is -1.39. The van der Waals surface area contributed by atoms with Crippen molar-refractivity contribution in [3.63, 3.8) is 0 Å². The molecule has 0 unspecified atom stereocenters. The van der Waals surface area contributed by atoms with Gasteiger partial charge in [-0.15, -0.1) is 0 Å². The van der Waals surface area contributed by atoms with Crippen molar-refractivity contribution in [2.75, 3.05) is 26.4 Å². The molecule has 4 heteroatoms. The molecule has 0 amide bonds. The molecule has 1 saturated heterocycles. The first-order valence-corrected chi connectivity index (χ1v) is 5.68. The van der Waals surface area contributed by atoms with Crippen molar-refractivity contribution in [3.8, 4) is 5.75 Å². The van der Waals surface area contributed by atoms with Crippen LogP contribution in [-0.4, -0.2) is 37.3 Å². The lowest BCUT2D eigenvalue weighted by Gasteiger charge is -2.38. The van der Waals surface area contributed by atoms with Crippen LogP contribution in [0.2, 0.25) is 0 Å². The van der Waals surface area contributed by atoms with E-state index in [1.807, 2.05) is 6.92 Å². The van der Waals surface area contributed by atoms with Crippen molar-refractivity contribution in [1.82, 2.24) is 0 Å². The van der Waals surface area contributed by atoms with Gasteiger partial charge in [-0.05, 0) is 31.2 Å². The van der Waals surface area contributed by atoms with E-state index in [1.165, 1.54) is 0 Å². The first-order chi connectivity index (χ1) is 8.22. The number of carbonyl (C=O) groups excluding carboxylic acids is 1. The predicted molar refractivity (Wildman–Crippen MR) is 62.3 cm³/mol. The molecule has 1 aromatic rings. The molecule has 0 atom stereocenters. The predicted octanol–water partition coefficient (Wildman–Crippen LogP) is 1.28. The molecule has 0 radical (unpaired) electrons. The van der Waals surface area contributed by atoms with Gasteiger partial charge < -0.3 is 14.6 Å². The van der Waals surface area contributed by atoms with Gasteiger partial charge in [0.15, 0.2) is 5.78 Å². The molecular weight excluding hydrogens is 220 g/mol. The summed E-state index contributed by atoms with van der Waals surface area (Å²) in [4.78, 5) is 12.2. The van der Waals surface area contributed by atoms with E-state index < -0.39 is 5.41 Å². The Morgan fingerprint density at radius 1 is 1.41 bits per heavy atom. The zero-order valence-electron chi connectivity index (χ0n) is 9.81. The maximum Gasteiger partial charge on any atom is 0.175 e. The molecular formula is C13H16O4. The summed E-state index contributed by atoms with van der Waals surface area (Å²) in [5.74, 6) is 0.682. The summed E-state index contributed by atoms with van der Waals surface area (Å²) in [7, 11) is 0. The summed E-state index contributed by atoms with van der Waals surface area (Å²) in [5.41, 5.74) is -0.140. The molecule has 0 aliphatic carbocycles. The minimum absolute atomic E-state index is 0.0608. The molecule has 1 aliphatic rings. The number of carbonyl (C=O) groups is 1. The topological polar surface area (TPSA) is 55.8 Å². The molecule has 1 N–H and O–H groups in total. The van der Waals surface area contributed by atoms with Crippen molar-refractivity contribution in [2.45, 2.75) is 6.92 Å². The Morgan fingerprint density at radius 3 is 2.47 bits per heavy atom. The standard InChI is InChI=1S/C13H16O4/c1-2-17-11-5-3-10(4-6-11)12(15)13(7-14)8-16-9-13/h3-6,14H,2,7-9H2,1H3. The second kappa shape index (κ2) is 4.85. The highest BCUT2D eigenvalue weighted by atomic mass is 16.5. The molecule has 0 aromatic heterocycles. The van der Waals surface area contributed by atoms with Crippen molar-refractivity contribution < 1.29 is 19.4 Å². The first-order valence-electron chi connectivity index (χ1n) is 5.68. The Balaban J connectivity index is 2.14. The molecule has 17 heavy (non-hydrogen) atoms. The van der Waals surface area contributed by atoms with Gasteiger partial charge in [-0.25, -0.2) is 0 Å². The van der Waals surface area contributed by atoms with Crippen LogP contribution in [0.1, 0.15) is 17.3 Å². The summed E-state index contributed by atoms with van der Waals surface area (Å²) >= 11 is 0. The lowest BCUT2D eigenvalue weighted by Crippen LogP contribution is -2.51. The van der Waals surface area contributed by atoms with Gasteiger partial charge in [-0.2, -0.15) is 0 Å². The smallest absolute Gasteiger partial charge is 0.175 e. The van der Waals surface area contributed by atoms with E-state index >= 15 is 0 Å². The largest absolute Gasteiger partial charge is 0.494 e. The van der Waals surface area contributed by atoms with Gasteiger partial charge >= 0.3 is 0 Å². The summed E-state index contributed by atoms with van der Waals surface area (Å²) in [5, 5.41) is 9.28. The highest BCUT2D eigenvalue weighted by Gasteiger charge is 2.45. The van der Waals surface area contributed by atoms with Crippen molar-refractivity contribution >= 4 is 5.78 Å². The quantitative estimate of drug-likeness (QED) is 0.782. The molecule has 4 nitrogen and oxygen atoms in total. The third kappa shape index (κ3) is 2.18. The molecule has 1 heterocycles. The van der Waals surface area contributed by atoms with Gasteiger partial charge in [0.1, 0.15) is 11.2 Å². The van der Waals surface area contributed by atoms with Gasteiger partial charge in [0.25, 0.3) is 0 Å². The molecule has 0 saturated carbocycles. The summed E-state index contributed by atoms with van der Waals surface area (Å²) < 4.78 is 10.3. The Labute approximate surface area is 100 Å². The number of Topliss-reactive ketones (excluding diaryl/α,β-unsaturated/α-hetero) is 1. The zero-order valence-corrected chi connectivity index (χ0v) is 9.81. The lowest BCUT2D eigenvalue weighted by molar-refractivity contribution is -0.109. The number of rotatable bonds is 5. The Bertz CT molecular complexity index is 387. The van der Waals surface area contributed by atoms with E-state index in [0.29, 0.717) is 25.4 Å². The highest BCUT2D eigenvalue weighted by Crippen LogP contribution is 2.31. The van der Waals surface area contributed by atoms with Gasteiger partial charge in [-0.3, -0.25) is 4.79 Å². The third-order valence-electron chi connectivity index (χ3n) is 2.97. The lowest BCUT2D eigenvalue weighted by atomic mass is 9.79. The number of benzene rings is 1. The van der Waals surface area contributed by atoms with Crippen molar-refractivity contribution in [2.24, 2.45) is 5.41 Å². The van der Waals surface area contributed by atoms with Gasteiger partial charge in [0.2, 0.25) is 0 Å². The maximum absolute atomic E-state index is 12.2. The number of ketones is 1. The van der Waals surface area contributed by atoms with Crippen LogP contribution >= 0.6 is 0 Å². The monoisotopic (exact) mass is 236 g/mol. The average Bonchev–Trinajstić information content (AvgIpc) is 2.29. The molecule has 92 valence electrons. The van der Waals surface area contributed by atoms with Gasteiger partial charge in [-0.1, -0.05) is 0 Å². The molecule has 1 aromatic carbocycles. The fourth-order valence-corrected chi connectivity index (χ4v) is 1.82. The van der Waals surface area contributed by atoms with Crippen molar-refractivity contribution in [3.05, 3.63) is 29.8 Å². The van der Waals surface area contributed by atoms with E-state index in [4.69, 9.17) is 9.47 Å². The highest BCUT2D eigenvalue weighted by molar-refractivity contribution is 6.01. The van der Waals surface area contributed by atoms with E-state index in [1.54, 1.807) is 24.3 Å². The van der Waals surface area contributed by atoms with E-state index in [-0.39, 0.29) is 12.4 Å². The Morgan fingerprint density at radius 2 is 2.06 bits per heavy atom. The third-order valence-corrected chi connectivity index (χ3v) is 2.97. The molecule has 0 bridgehead atoms. The Kier molecular flexibility index (Phi) is 3.45. The minimum Gasteiger partial charge on any atom is -0.494 e. The fraction of sp³-hybridized carbons (Fsp3) is 0.462. The molecule has 2 rings (SSSR count). The molecule has 1 fully saturated rings. The molecule has 0 spiro atoms. The SMILES string of the molecule is CCOc1ccc(C(=O)C2(CO)COC2)cc1. The number of hydrogen-bond donors (Lipinski definition) is 1. The van der Waals surface area contributed by atoms with Crippen LogP contribution in [0, 0.1) is 5.41 Å². The van der Waals surface area contributed by atoms with Crippen LogP contribution in [-0.2, 0) is 4.74 Å². The number of ether oxygens (including phenoxy) is 2. The van der Waals surface area contributed by atoms with Crippen LogP contribution < -0.4 is 4.74 Å². The minimum atomic E-state index is -0.729. The second-order valence-electron chi connectivity index (χ2n) is 4.22. The number of aliphatic hydroxyl groups is 1. The molecule has 1 aliphatic heterocycles. The number of hydrogen-bond acceptors (Lipinski definition) is 4. The van der Waals surface area contributed by atoms with Gasteiger partial charge in [0, 0.05) is 5.56 Å². The van der Waals surface area contributed by atoms with E-state index in [9.17, 15) is 9.90 Å². The number of aliphatic hydroxyl groups excluding tert-OH is 1. The zero-order chi connectivity index (χ0) is 12.3. The summed E-state index contributed by atoms with van der Waals surface area (Å²) in [6.07, 6.45) is 0. The summed E-state index contributed by atoms with van der Waals surface area (Å²) in [6, 6.07) is 6.98. The average molecular weight is 236 g/mol. The van der Waals surface area contributed by atoms with E-state index in [0.717, 1.165) is 5.75 Å². The fourth-order valence-electron chi connectivity index (χ4n) is 1.82. The van der Waals surface area contributed by atoms with Gasteiger partial charge in [0.05, 0.1) is 26.4 Å². The van der Waals surface area contributed by atoms with Crippen LogP contribution in [0.15, 0.2) is 24.3 Å². The van der Waals surface area contributed by atoms with E-state index in [2.05, 4.69) is 0 Å². The van der Waals surface area contributed by atoms with Crippen molar-refractivity contribution in [1.29, 1.82) is 0 Å². The maximum atomic E-state index is 12.2. The second-order valence-corrected chi connectivity index (χ2v) is 4.22.